The van der Waals surface area contributed by atoms with Crippen LogP contribution in [0, 0.1) is 0 Å². The highest BCUT2D eigenvalue weighted by Crippen LogP contribution is 2.11. The van der Waals surface area contributed by atoms with E-state index in [0.717, 1.165) is 20.1 Å². The molecule has 6 nitrogen and oxygen atoms in total. The lowest BCUT2D eigenvalue weighted by Crippen LogP contribution is -2.24. The van der Waals surface area contributed by atoms with Gasteiger partial charge in [0, 0.05) is 22.0 Å². The van der Waals surface area contributed by atoms with Crippen molar-refractivity contribution in [3.63, 3.8) is 0 Å². The number of ether oxygens (including phenoxy) is 2. The fourth-order valence-electron chi connectivity index (χ4n) is 2.03. The first-order valence-electron chi connectivity index (χ1n) is 9.63. The van der Waals surface area contributed by atoms with Crippen LogP contribution in [0.15, 0.2) is 57.5 Å². The van der Waals surface area contributed by atoms with Gasteiger partial charge in [0.1, 0.15) is 5.33 Å². The Balaban J connectivity index is 0.000000479. The van der Waals surface area contributed by atoms with Crippen molar-refractivity contribution in [1.29, 1.82) is 0 Å². The highest BCUT2D eigenvalue weighted by molar-refractivity contribution is 9.10. The van der Waals surface area contributed by atoms with E-state index < -0.39 is 0 Å². The Morgan fingerprint density at radius 3 is 1.84 bits per heavy atom. The molecule has 0 spiro atoms. The van der Waals surface area contributed by atoms with Crippen LogP contribution in [0.1, 0.15) is 25.0 Å². The van der Waals surface area contributed by atoms with Gasteiger partial charge in [-0.2, -0.15) is 0 Å². The number of hydrogen-bond acceptors (Lipinski definition) is 6. The van der Waals surface area contributed by atoms with Crippen LogP contribution >= 0.6 is 47.8 Å². The molecule has 0 aliphatic carbocycles. The second-order valence-corrected chi connectivity index (χ2v) is 8.20. The molecule has 2 rings (SSSR count). The normalized spacial score (nSPS) is 9.48. The van der Waals surface area contributed by atoms with E-state index in [2.05, 4.69) is 57.8 Å². The van der Waals surface area contributed by atoms with E-state index in [-0.39, 0.29) is 18.5 Å². The molecule has 0 radical (unpaired) electrons. The molecular weight excluding hydrogens is 596 g/mol. The second-order valence-electron chi connectivity index (χ2n) is 5.81. The molecule has 2 aromatic rings. The first kappa shape index (κ1) is 29.7. The summed E-state index contributed by atoms with van der Waals surface area (Å²) in [6.45, 7) is 5.99. The summed E-state index contributed by atoms with van der Waals surface area (Å²) in [7, 11) is 0. The molecule has 172 valence electrons. The summed E-state index contributed by atoms with van der Waals surface area (Å²) in [5.74, 6) is -0.421. The number of nitrogens with one attached hydrogen (secondary N) is 1. The Bertz CT molecular complexity index is 776. The largest absolute Gasteiger partial charge is 0.465 e. The molecule has 0 aliphatic rings. The fourth-order valence-corrected chi connectivity index (χ4v) is 3.09. The Hall–Kier alpha value is -1.26. The van der Waals surface area contributed by atoms with Gasteiger partial charge in [-0.3, -0.25) is 9.59 Å². The SMILES string of the molecule is CCOC(=O)CBr.CCOC(=O)CNCc1cccc(Br)c1.NCc1cccc(Br)c1. The Labute approximate surface area is 209 Å². The molecule has 0 unspecified atom stereocenters. The first-order chi connectivity index (χ1) is 14.9. The van der Waals surface area contributed by atoms with Gasteiger partial charge in [-0.15, -0.1) is 0 Å². The second kappa shape index (κ2) is 19.4. The fraction of sp³-hybridized carbons (Fsp3) is 0.364. The van der Waals surface area contributed by atoms with Crippen LogP contribution in [-0.2, 0) is 32.2 Å². The third-order valence-electron chi connectivity index (χ3n) is 3.33. The highest BCUT2D eigenvalue weighted by Gasteiger charge is 2.00. The maximum atomic E-state index is 11.0. The number of halogens is 3. The molecule has 3 N–H and O–H groups in total. The predicted molar refractivity (Wildman–Crippen MR) is 135 cm³/mol. The van der Waals surface area contributed by atoms with Gasteiger partial charge in [0.05, 0.1) is 19.8 Å². The molecule has 0 heterocycles. The quantitative estimate of drug-likeness (QED) is 0.319. The predicted octanol–water partition coefficient (Wildman–Crippen LogP) is 4.95. The summed E-state index contributed by atoms with van der Waals surface area (Å²) in [5.41, 5.74) is 7.69. The molecule has 0 atom stereocenters. The molecule has 0 saturated carbocycles. The zero-order chi connectivity index (χ0) is 23.5. The van der Waals surface area contributed by atoms with Gasteiger partial charge in [-0.1, -0.05) is 72.1 Å². The van der Waals surface area contributed by atoms with Gasteiger partial charge >= 0.3 is 11.9 Å². The van der Waals surface area contributed by atoms with Crippen molar-refractivity contribution < 1.29 is 19.1 Å². The molecular formula is C22H29Br3N2O4. The minimum absolute atomic E-state index is 0.206. The lowest BCUT2D eigenvalue weighted by atomic mass is 10.2. The Morgan fingerprint density at radius 1 is 0.903 bits per heavy atom. The topological polar surface area (TPSA) is 90.6 Å². The van der Waals surface area contributed by atoms with E-state index in [4.69, 9.17) is 10.5 Å². The van der Waals surface area contributed by atoms with Gasteiger partial charge in [0.15, 0.2) is 0 Å². The van der Waals surface area contributed by atoms with Crippen LogP contribution < -0.4 is 11.1 Å². The molecule has 0 bridgehead atoms. The number of esters is 2. The van der Waals surface area contributed by atoms with Crippen molar-refractivity contribution in [3.05, 3.63) is 68.6 Å². The lowest BCUT2D eigenvalue weighted by Gasteiger charge is -2.04. The van der Waals surface area contributed by atoms with Gasteiger partial charge in [0.2, 0.25) is 0 Å². The maximum Gasteiger partial charge on any atom is 0.319 e. The summed E-state index contributed by atoms with van der Waals surface area (Å²) < 4.78 is 11.4. The van der Waals surface area contributed by atoms with Crippen molar-refractivity contribution in [2.75, 3.05) is 25.1 Å². The van der Waals surface area contributed by atoms with E-state index in [1.165, 1.54) is 0 Å². The third kappa shape index (κ3) is 17.0. The number of benzene rings is 2. The number of hydrogen-bond donors (Lipinski definition) is 2. The number of nitrogens with two attached hydrogens (primary N) is 1. The van der Waals surface area contributed by atoms with E-state index in [9.17, 15) is 9.59 Å². The average Bonchev–Trinajstić information content (AvgIpc) is 2.75. The van der Waals surface area contributed by atoms with Crippen LogP contribution in [0.3, 0.4) is 0 Å². The van der Waals surface area contributed by atoms with Crippen molar-refractivity contribution in [3.8, 4) is 0 Å². The zero-order valence-electron chi connectivity index (χ0n) is 17.7. The van der Waals surface area contributed by atoms with Gasteiger partial charge in [0.25, 0.3) is 0 Å². The molecule has 0 aromatic heterocycles. The molecule has 0 fully saturated rings. The van der Waals surface area contributed by atoms with E-state index in [1.54, 1.807) is 13.8 Å². The monoisotopic (exact) mass is 622 g/mol. The van der Waals surface area contributed by atoms with E-state index in [1.807, 2.05) is 48.5 Å². The van der Waals surface area contributed by atoms with Crippen LogP contribution in [0.25, 0.3) is 0 Å². The molecule has 9 heteroatoms. The third-order valence-corrected chi connectivity index (χ3v) is 4.78. The van der Waals surface area contributed by atoms with E-state index >= 15 is 0 Å². The lowest BCUT2D eigenvalue weighted by molar-refractivity contribution is -0.142. The maximum absolute atomic E-state index is 11.0. The molecule has 0 amide bonds. The summed E-state index contributed by atoms with van der Waals surface area (Å²) in [4.78, 5) is 21.1. The summed E-state index contributed by atoms with van der Waals surface area (Å²) in [6, 6.07) is 15.9. The number of alkyl halides is 1. The summed E-state index contributed by atoms with van der Waals surface area (Å²) in [5, 5.41) is 3.31. The Morgan fingerprint density at radius 2 is 1.42 bits per heavy atom. The van der Waals surface area contributed by atoms with Crippen molar-refractivity contribution in [1.82, 2.24) is 5.32 Å². The van der Waals surface area contributed by atoms with Gasteiger partial charge < -0.3 is 20.5 Å². The van der Waals surface area contributed by atoms with Crippen LogP contribution in [0.2, 0.25) is 0 Å². The van der Waals surface area contributed by atoms with Crippen LogP contribution in [0.4, 0.5) is 0 Å². The zero-order valence-corrected chi connectivity index (χ0v) is 22.5. The van der Waals surface area contributed by atoms with Crippen molar-refractivity contribution in [2.24, 2.45) is 5.73 Å². The van der Waals surface area contributed by atoms with Gasteiger partial charge in [-0.25, -0.2) is 0 Å². The average molecular weight is 625 g/mol. The molecule has 0 aliphatic heterocycles. The van der Waals surface area contributed by atoms with E-state index in [0.29, 0.717) is 31.6 Å². The summed E-state index contributed by atoms with van der Waals surface area (Å²) in [6.07, 6.45) is 0. The molecule has 0 saturated heterocycles. The Kier molecular flexibility index (Phi) is 18.6. The highest BCUT2D eigenvalue weighted by atomic mass is 79.9. The van der Waals surface area contributed by atoms with Crippen LogP contribution in [0.5, 0.6) is 0 Å². The first-order valence-corrected chi connectivity index (χ1v) is 12.3. The minimum atomic E-state index is -0.215. The smallest absolute Gasteiger partial charge is 0.319 e. The standard InChI is InChI=1S/C11H14BrNO2.C7H8BrN.C4H7BrO2/c1-2-15-11(14)8-13-7-9-4-3-5-10(12)6-9;8-7-3-1-2-6(4-7)5-9;1-2-7-4(6)3-5/h3-6,13H,2,7-8H2,1H3;1-4H,5,9H2;2-3H2,1H3. The number of rotatable bonds is 8. The minimum Gasteiger partial charge on any atom is -0.465 e. The van der Waals surface area contributed by atoms with Gasteiger partial charge in [-0.05, 0) is 49.2 Å². The van der Waals surface area contributed by atoms with Crippen molar-refractivity contribution >= 4 is 59.7 Å². The molecule has 2 aromatic carbocycles. The van der Waals surface area contributed by atoms with Crippen LogP contribution in [-0.4, -0.2) is 37.0 Å². The number of carbonyl (C=O) groups excluding carboxylic acids is 2. The number of carbonyl (C=O) groups is 2. The molecule has 31 heavy (non-hydrogen) atoms. The van der Waals surface area contributed by atoms with Crippen molar-refractivity contribution in [2.45, 2.75) is 26.9 Å². The summed E-state index contributed by atoms with van der Waals surface area (Å²) >= 11 is 9.68.